The molecule has 1 aromatic rings. The van der Waals surface area contributed by atoms with E-state index in [-0.39, 0.29) is 10.8 Å². The third kappa shape index (κ3) is 2.24. The molecule has 1 aromatic carbocycles. The minimum Gasteiger partial charge on any atom is -0.312 e. The number of nitrogens with two attached hydrogens (primary N) is 1. The van der Waals surface area contributed by atoms with E-state index in [1.807, 2.05) is 0 Å². The zero-order valence-corrected chi connectivity index (χ0v) is 10.8. The number of hydrogen-bond acceptors (Lipinski definition) is 4. The second-order valence-electron chi connectivity index (χ2n) is 4.19. The summed E-state index contributed by atoms with van der Waals surface area (Å²) in [6.07, 6.45) is 1.58. The van der Waals surface area contributed by atoms with E-state index in [1.54, 1.807) is 21.9 Å². The number of nitrogens with one attached hydrogen (secondary N) is 1. The van der Waals surface area contributed by atoms with Crippen LogP contribution in [0.25, 0.3) is 0 Å². The third-order valence-electron chi connectivity index (χ3n) is 3.02. The normalized spacial score (nSPS) is 15.3. The number of fused-ring (bicyclic) bond motifs is 1. The minimum absolute atomic E-state index is 0.0384. The van der Waals surface area contributed by atoms with Crippen molar-refractivity contribution in [1.29, 1.82) is 0 Å². The molecule has 2 rings (SSSR count). The summed E-state index contributed by atoms with van der Waals surface area (Å²) in [5, 5.41) is 0. The van der Waals surface area contributed by atoms with Crippen LogP contribution in [-0.2, 0) is 21.2 Å². The van der Waals surface area contributed by atoms with Crippen LogP contribution in [0, 0.1) is 0 Å². The van der Waals surface area contributed by atoms with E-state index < -0.39 is 10.0 Å². The van der Waals surface area contributed by atoms with Crippen molar-refractivity contribution in [2.24, 2.45) is 5.84 Å². The zero-order valence-electron chi connectivity index (χ0n) is 10.0. The van der Waals surface area contributed by atoms with Gasteiger partial charge in [-0.05, 0) is 36.6 Å². The largest absolute Gasteiger partial charge is 0.312 e. The molecule has 0 atom stereocenters. The number of aryl methyl sites for hydroxylation is 1. The van der Waals surface area contributed by atoms with Gasteiger partial charge < -0.3 is 4.90 Å². The summed E-state index contributed by atoms with van der Waals surface area (Å²) in [6, 6.07) is 4.68. The first-order valence-corrected chi connectivity index (χ1v) is 7.07. The van der Waals surface area contributed by atoms with Crippen LogP contribution in [0.2, 0.25) is 0 Å². The standard InChI is InChI=1S/C11H15N3O3S/c1-8(15)14-6-2-3-9-7-10(4-5-11(9)14)18(16,17)13-12/h4-5,7,13H,2-3,6,12H2,1H3. The highest BCUT2D eigenvalue weighted by molar-refractivity contribution is 7.89. The van der Waals surface area contributed by atoms with Gasteiger partial charge in [-0.25, -0.2) is 8.42 Å². The van der Waals surface area contributed by atoms with Crippen molar-refractivity contribution in [3.8, 4) is 0 Å². The maximum Gasteiger partial charge on any atom is 0.253 e. The van der Waals surface area contributed by atoms with Crippen LogP contribution in [0.15, 0.2) is 23.1 Å². The quantitative estimate of drug-likeness (QED) is 0.590. The highest BCUT2D eigenvalue weighted by Gasteiger charge is 2.22. The van der Waals surface area contributed by atoms with Gasteiger partial charge in [0.1, 0.15) is 0 Å². The van der Waals surface area contributed by atoms with Crippen molar-refractivity contribution in [2.75, 3.05) is 11.4 Å². The molecule has 0 fully saturated rings. The number of sulfonamides is 1. The van der Waals surface area contributed by atoms with E-state index >= 15 is 0 Å². The smallest absolute Gasteiger partial charge is 0.253 e. The van der Waals surface area contributed by atoms with E-state index in [9.17, 15) is 13.2 Å². The van der Waals surface area contributed by atoms with Gasteiger partial charge in [-0.2, -0.15) is 4.83 Å². The lowest BCUT2D eigenvalue weighted by atomic mass is 10.0. The number of hydrazine groups is 1. The predicted molar refractivity (Wildman–Crippen MR) is 67.3 cm³/mol. The molecular weight excluding hydrogens is 254 g/mol. The number of benzene rings is 1. The average molecular weight is 269 g/mol. The van der Waals surface area contributed by atoms with Gasteiger partial charge in [0.2, 0.25) is 5.91 Å². The van der Waals surface area contributed by atoms with Gasteiger partial charge in [0.05, 0.1) is 4.90 Å². The van der Waals surface area contributed by atoms with E-state index in [0.29, 0.717) is 6.54 Å². The summed E-state index contributed by atoms with van der Waals surface area (Å²) in [5.74, 6) is 4.95. The Kier molecular flexibility index (Phi) is 3.38. The monoisotopic (exact) mass is 269 g/mol. The maximum absolute atomic E-state index is 11.6. The molecule has 0 radical (unpaired) electrons. The third-order valence-corrected chi connectivity index (χ3v) is 4.20. The van der Waals surface area contributed by atoms with Crippen molar-refractivity contribution < 1.29 is 13.2 Å². The van der Waals surface area contributed by atoms with Crippen molar-refractivity contribution in [2.45, 2.75) is 24.7 Å². The van der Waals surface area contributed by atoms with Gasteiger partial charge in [0.15, 0.2) is 0 Å². The van der Waals surface area contributed by atoms with Crippen LogP contribution in [0.1, 0.15) is 18.9 Å². The molecule has 0 unspecified atom stereocenters. The van der Waals surface area contributed by atoms with Gasteiger partial charge in [0.25, 0.3) is 10.0 Å². The molecule has 1 aliphatic heterocycles. The fourth-order valence-corrected chi connectivity index (χ4v) is 2.82. The van der Waals surface area contributed by atoms with Crippen molar-refractivity contribution in [3.05, 3.63) is 23.8 Å². The first-order valence-electron chi connectivity index (χ1n) is 5.59. The Morgan fingerprint density at radius 3 is 2.78 bits per heavy atom. The van der Waals surface area contributed by atoms with Gasteiger partial charge >= 0.3 is 0 Å². The Bertz CT molecular complexity index is 583. The molecule has 0 aliphatic carbocycles. The first-order chi connectivity index (χ1) is 8.45. The topological polar surface area (TPSA) is 92.5 Å². The number of rotatable bonds is 2. The SMILES string of the molecule is CC(=O)N1CCCc2cc(S(=O)(=O)NN)ccc21. The van der Waals surface area contributed by atoms with Crippen LogP contribution in [-0.4, -0.2) is 20.9 Å². The van der Waals surface area contributed by atoms with Gasteiger partial charge in [-0.3, -0.25) is 10.6 Å². The number of amides is 1. The molecule has 18 heavy (non-hydrogen) atoms. The Morgan fingerprint density at radius 2 is 2.17 bits per heavy atom. The van der Waals surface area contributed by atoms with Crippen molar-refractivity contribution in [3.63, 3.8) is 0 Å². The molecule has 98 valence electrons. The van der Waals surface area contributed by atoms with Crippen molar-refractivity contribution >= 4 is 21.6 Å². The molecule has 0 spiro atoms. The minimum atomic E-state index is -3.65. The lowest BCUT2D eigenvalue weighted by Gasteiger charge is -2.28. The van der Waals surface area contributed by atoms with E-state index in [0.717, 1.165) is 24.1 Å². The van der Waals surface area contributed by atoms with Crippen LogP contribution < -0.4 is 15.6 Å². The number of hydrogen-bond donors (Lipinski definition) is 2. The number of carbonyl (C=O) groups excluding carboxylic acids is 1. The highest BCUT2D eigenvalue weighted by atomic mass is 32.2. The molecule has 7 heteroatoms. The Labute approximate surface area is 106 Å². The zero-order chi connectivity index (χ0) is 13.3. The lowest BCUT2D eigenvalue weighted by Crippen LogP contribution is -2.34. The lowest BCUT2D eigenvalue weighted by molar-refractivity contribution is -0.116. The summed E-state index contributed by atoms with van der Waals surface area (Å²) < 4.78 is 23.2. The summed E-state index contributed by atoms with van der Waals surface area (Å²) in [5.41, 5.74) is 1.64. The average Bonchev–Trinajstić information content (AvgIpc) is 2.37. The first kappa shape index (κ1) is 13.0. The molecule has 0 saturated heterocycles. The van der Waals surface area contributed by atoms with Gasteiger partial charge in [-0.1, -0.05) is 0 Å². The van der Waals surface area contributed by atoms with Crippen LogP contribution in [0.4, 0.5) is 5.69 Å². The fraction of sp³-hybridized carbons (Fsp3) is 0.364. The van der Waals surface area contributed by atoms with E-state index in [2.05, 4.69) is 0 Å². The van der Waals surface area contributed by atoms with Gasteiger partial charge in [0, 0.05) is 19.2 Å². The molecule has 0 saturated carbocycles. The molecule has 0 bridgehead atoms. The Hall–Kier alpha value is -1.44. The van der Waals surface area contributed by atoms with Crippen LogP contribution in [0.5, 0.6) is 0 Å². The highest BCUT2D eigenvalue weighted by Crippen LogP contribution is 2.29. The number of anilines is 1. The molecular formula is C11H15N3O3S. The van der Waals surface area contributed by atoms with Gasteiger partial charge in [-0.15, -0.1) is 0 Å². The molecule has 0 aromatic heterocycles. The summed E-state index contributed by atoms with van der Waals surface area (Å²) in [7, 11) is -3.65. The Morgan fingerprint density at radius 1 is 1.44 bits per heavy atom. The Balaban J connectivity index is 2.48. The predicted octanol–water partition coefficient (Wildman–Crippen LogP) is 0.138. The van der Waals surface area contributed by atoms with E-state index in [1.165, 1.54) is 13.0 Å². The number of carbonyl (C=O) groups is 1. The van der Waals surface area contributed by atoms with Crippen LogP contribution in [0.3, 0.4) is 0 Å². The molecule has 1 amide bonds. The summed E-state index contributed by atoms with van der Waals surface area (Å²) >= 11 is 0. The second kappa shape index (κ2) is 4.68. The number of nitrogens with zero attached hydrogens (tertiary/aromatic N) is 1. The molecule has 1 aliphatic rings. The fourth-order valence-electron chi connectivity index (χ4n) is 2.14. The summed E-state index contributed by atoms with van der Waals surface area (Å²) in [4.78, 5) is 15.0. The second-order valence-corrected chi connectivity index (χ2v) is 5.90. The van der Waals surface area contributed by atoms with E-state index in [4.69, 9.17) is 5.84 Å². The molecule has 6 nitrogen and oxygen atoms in total. The van der Waals surface area contributed by atoms with Crippen LogP contribution >= 0.6 is 0 Å². The molecule has 1 heterocycles. The van der Waals surface area contributed by atoms with Crippen molar-refractivity contribution in [1.82, 2.24) is 4.83 Å². The maximum atomic E-state index is 11.6. The summed E-state index contributed by atoms with van der Waals surface area (Å²) in [6.45, 7) is 2.17. The molecule has 3 N–H and O–H groups in total.